The Morgan fingerprint density at radius 3 is 2.25 bits per heavy atom. The molecule has 0 aliphatic rings. The highest BCUT2D eigenvalue weighted by Gasteiger charge is 2.02. The van der Waals surface area contributed by atoms with Crippen molar-refractivity contribution in [2.45, 2.75) is 6.92 Å². The largest absolute Gasteiger partial charge is 0.295 e. The second-order valence-electron chi connectivity index (χ2n) is 3.76. The zero-order valence-corrected chi connectivity index (χ0v) is 9.10. The maximum Gasteiger partial charge on any atom is 0.159 e. The highest BCUT2D eigenvalue weighted by atomic mass is 16.1. The van der Waals surface area contributed by atoms with Gasteiger partial charge in [0.25, 0.3) is 0 Å². The first-order valence-corrected chi connectivity index (χ1v) is 5.14. The summed E-state index contributed by atoms with van der Waals surface area (Å²) in [6.07, 6.45) is 0. The van der Waals surface area contributed by atoms with Crippen molar-refractivity contribution >= 4 is 19.1 Å². The van der Waals surface area contributed by atoms with E-state index in [1.54, 1.807) is 6.92 Å². The first-order valence-electron chi connectivity index (χ1n) is 5.14. The van der Waals surface area contributed by atoms with Crippen molar-refractivity contribution in [3.8, 4) is 11.1 Å². The van der Waals surface area contributed by atoms with Crippen LogP contribution in [-0.2, 0) is 0 Å². The number of benzene rings is 2. The van der Waals surface area contributed by atoms with Gasteiger partial charge in [-0.2, -0.15) is 0 Å². The molecule has 2 aromatic carbocycles. The van der Waals surface area contributed by atoms with Crippen LogP contribution in [0, 0.1) is 0 Å². The molecule has 16 heavy (non-hydrogen) atoms. The zero-order valence-electron chi connectivity index (χ0n) is 9.10. The summed E-state index contributed by atoms with van der Waals surface area (Å²) in [6, 6.07) is 15.2. The minimum Gasteiger partial charge on any atom is -0.295 e. The smallest absolute Gasteiger partial charge is 0.159 e. The molecule has 0 amide bonds. The topological polar surface area (TPSA) is 17.1 Å². The molecule has 76 valence electrons. The first-order chi connectivity index (χ1) is 7.66. The second kappa shape index (κ2) is 4.36. The molecular weight excluding hydrogens is 195 g/mol. The quantitative estimate of drug-likeness (QED) is 0.544. The average molecular weight is 206 g/mol. The Morgan fingerprint density at radius 1 is 1.00 bits per heavy atom. The van der Waals surface area contributed by atoms with Crippen LogP contribution < -0.4 is 5.46 Å². The van der Waals surface area contributed by atoms with Crippen LogP contribution >= 0.6 is 0 Å². The van der Waals surface area contributed by atoms with Crippen molar-refractivity contribution in [1.29, 1.82) is 0 Å². The van der Waals surface area contributed by atoms with Crippen LogP contribution in [0.2, 0.25) is 0 Å². The number of carbonyl (C=O) groups excluding carboxylic acids is 1. The van der Waals surface area contributed by atoms with E-state index in [1.807, 2.05) is 48.5 Å². The number of hydrogen-bond donors (Lipinski definition) is 0. The lowest BCUT2D eigenvalue weighted by Gasteiger charge is -2.04. The highest BCUT2D eigenvalue weighted by molar-refractivity contribution is 6.32. The van der Waals surface area contributed by atoms with Gasteiger partial charge in [0.2, 0.25) is 0 Å². The first kappa shape index (κ1) is 10.7. The van der Waals surface area contributed by atoms with Gasteiger partial charge in [0.05, 0.1) is 0 Å². The lowest BCUT2D eigenvalue weighted by Crippen LogP contribution is -2.00. The Bertz CT molecular complexity index is 532. The minimum atomic E-state index is 0.0748. The molecule has 0 atom stereocenters. The zero-order chi connectivity index (χ0) is 11.5. The lowest BCUT2D eigenvalue weighted by molar-refractivity contribution is 0.101. The Hall–Kier alpha value is -1.83. The van der Waals surface area contributed by atoms with Crippen molar-refractivity contribution in [1.82, 2.24) is 0 Å². The van der Waals surface area contributed by atoms with E-state index >= 15 is 0 Å². The summed E-state index contributed by atoms with van der Waals surface area (Å²) in [5, 5.41) is 0. The van der Waals surface area contributed by atoms with Gasteiger partial charge < -0.3 is 0 Å². The number of Topliss-reactive ketones (excluding diaryl/α,β-unsaturated/α-hetero) is 1. The Balaban J connectivity index is 2.48. The van der Waals surface area contributed by atoms with Crippen LogP contribution in [-0.4, -0.2) is 13.6 Å². The fourth-order valence-corrected chi connectivity index (χ4v) is 1.64. The standard InChI is InChI=1S/C14H11BO/c1-10(16)11-4-2-5-12(8-11)13-6-3-7-14(15)9-13/h2-9H,1H3. The summed E-state index contributed by atoms with van der Waals surface area (Å²) in [6.45, 7) is 1.57. The number of ketones is 1. The molecular formula is C14H11BO. The molecule has 0 saturated carbocycles. The van der Waals surface area contributed by atoms with Crippen LogP contribution in [0.4, 0.5) is 0 Å². The van der Waals surface area contributed by atoms with E-state index in [0.29, 0.717) is 0 Å². The molecule has 2 rings (SSSR count). The van der Waals surface area contributed by atoms with Gasteiger partial charge in [-0.25, -0.2) is 0 Å². The third kappa shape index (κ3) is 2.22. The van der Waals surface area contributed by atoms with Crippen molar-refractivity contribution in [2.24, 2.45) is 0 Å². The summed E-state index contributed by atoms with van der Waals surface area (Å²) in [5.41, 5.74) is 3.49. The van der Waals surface area contributed by atoms with Gasteiger partial charge in [-0.05, 0) is 24.1 Å². The summed E-state index contributed by atoms with van der Waals surface area (Å²) >= 11 is 0. The van der Waals surface area contributed by atoms with E-state index < -0.39 is 0 Å². The Morgan fingerprint density at radius 2 is 1.62 bits per heavy atom. The van der Waals surface area contributed by atoms with Gasteiger partial charge >= 0.3 is 0 Å². The monoisotopic (exact) mass is 206 g/mol. The van der Waals surface area contributed by atoms with Crippen LogP contribution in [0.1, 0.15) is 17.3 Å². The van der Waals surface area contributed by atoms with Crippen LogP contribution in [0.15, 0.2) is 48.5 Å². The summed E-state index contributed by atoms with van der Waals surface area (Å²) < 4.78 is 0. The SMILES string of the molecule is [B]c1cccc(-c2cccc(C(C)=O)c2)c1. The molecule has 0 bridgehead atoms. The number of hydrogen-bond acceptors (Lipinski definition) is 1. The van der Waals surface area contributed by atoms with Crippen molar-refractivity contribution in [3.63, 3.8) is 0 Å². The van der Waals surface area contributed by atoms with Gasteiger partial charge in [-0.3, -0.25) is 4.79 Å². The molecule has 0 aliphatic carbocycles. The summed E-state index contributed by atoms with van der Waals surface area (Å²) in [5.74, 6) is 0.0748. The van der Waals surface area contributed by atoms with E-state index in [2.05, 4.69) is 0 Å². The van der Waals surface area contributed by atoms with E-state index in [4.69, 9.17) is 7.85 Å². The summed E-state index contributed by atoms with van der Waals surface area (Å²) in [7, 11) is 5.73. The fourth-order valence-electron chi connectivity index (χ4n) is 1.64. The molecule has 0 spiro atoms. The molecule has 0 saturated heterocycles. The predicted octanol–water partition coefficient (Wildman–Crippen LogP) is 2.35. The molecule has 0 aromatic heterocycles. The molecule has 2 heteroatoms. The van der Waals surface area contributed by atoms with Crippen molar-refractivity contribution in [2.75, 3.05) is 0 Å². The van der Waals surface area contributed by atoms with Crippen LogP contribution in [0.25, 0.3) is 11.1 Å². The van der Waals surface area contributed by atoms with Gasteiger partial charge in [0, 0.05) is 5.56 Å². The predicted molar refractivity (Wildman–Crippen MR) is 67.3 cm³/mol. The molecule has 0 fully saturated rings. The van der Waals surface area contributed by atoms with Gasteiger partial charge in [-0.1, -0.05) is 47.9 Å². The third-order valence-electron chi connectivity index (χ3n) is 2.49. The van der Waals surface area contributed by atoms with Crippen LogP contribution in [0.5, 0.6) is 0 Å². The fraction of sp³-hybridized carbons (Fsp3) is 0.0714. The second-order valence-corrected chi connectivity index (χ2v) is 3.76. The van der Waals surface area contributed by atoms with E-state index in [0.717, 1.165) is 22.2 Å². The van der Waals surface area contributed by atoms with E-state index in [1.165, 1.54) is 0 Å². The molecule has 0 aliphatic heterocycles. The van der Waals surface area contributed by atoms with Gasteiger partial charge in [-0.15, -0.1) is 0 Å². The normalized spacial score (nSPS) is 10.1. The van der Waals surface area contributed by atoms with E-state index in [9.17, 15) is 4.79 Å². The highest BCUT2D eigenvalue weighted by Crippen LogP contribution is 2.19. The van der Waals surface area contributed by atoms with Crippen LogP contribution in [0.3, 0.4) is 0 Å². The molecule has 0 N–H and O–H groups in total. The number of rotatable bonds is 2. The minimum absolute atomic E-state index is 0.0748. The van der Waals surface area contributed by atoms with E-state index in [-0.39, 0.29) is 5.78 Å². The summed E-state index contributed by atoms with van der Waals surface area (Å²) in [4.78, 5) is 11.3. The van der Waals surface area contributed by atoms with Gasteiger partial charge in [0.15, 0.2) is 5.78 Å². The molecule has 0 unspecified atom stereocenters. The molecule has 2 radical (unpaired) electrons. The number of carbonyl (C=O) groups is 1. The van der Waals surface area contributed by atoms with Gasteiger partial charge in [0.1, 0.15) is 7.85 Å². The molecule has 0 heterocycles. The van der Waals surface area contributed by atoms with Crippen molar-refractivity contribution in [3.05, 3.63) is 54.1 Å². The Kier molecular flexibility index (Phi) is 2.91. The maximum absolute atomic E-state index is 11.3. The maximum atomic E-state index is 11.3. The average Bonchev–Trinajstić information content (AvgIpc) is 2.29. The van der Waals surface area contributed by atoms with Crippen molar-refractivity contribution < 1.29 is 4.79 Å². The molecule has 1 nitrogen and oxygen atoms in total. The Labute approximate surface area is 96.5 Å². The molecule has 2 aromatic rings. The lowest BCUT2D eigenvalue weighted by atomic mass is 9.92. The third-order valence-corrected chi connectivity index (χ3v) is 2.49.